The summed E-state index contributed by atoms with van der Waals surface area (Å²) in [4.78, 5) is 12.8. The van der Waals surface area contributed by atoms with Gasteiger partial charge in [-0.1, -0.05) is 29.8 Å². The van der Waals surface area contributed by atoms with E-state index in [1.807, 2.05) is 67.6 Å². The van der Waals surface area contributed by atoms with Crippen LogP contribution in [0.25, 0.3) is 6.08 Å². The van der Waals surface area contributed by atoms with Crippen LogP contribution < -0.4 is 14.2 Å². The molecule has 0 aromatic heterocycles. The zero-order valence-electron chi connectivity index (χ0n) is 20.3. The van der Waals surface area contributed by atoms with E-state index in [1.54, 1.807) is 25.1 Å². The summed E-state index contributed by atoms with van der Waals surface area (Å²) >= 11 is 1.94. The quantitative estimate of drug-likeness (QED) is 0.146. The van der Waals surface area contributed by atoms with E-state index >= 15 is 0 Å². The molecule has 1 N–H and O–H groups in total. The first kappa shape index (κ1) is 27.2. The molecule has 3 aromatic rings. The maximum absolute atomic E-state index is 12.9. The van der Waals surface area contributed by atoms with E-state index in [0.29, 0.717) is 14.8 Å². The summed E-state index contributed by atoms with van der Waals surface area (Å²) in [7, 11) is -4.11. The van der Waals surface area contributed by atoms with E-state index in [4.69, 9.17) is 8.92 Å². The molecule has 1 amide bonds. The third-order valence-corrected chi connectivity index (χ3v) is 7.19. The zero-order valence-corrected chi connectivity index (χ0v) is 23.2. The SMILES string of the molecule is CCOc1cc(/C=C(\C#N)C(=O)Nc2cc(C)ccc2C)cc(I)c1OS(=O)(=O)c1ccc(C)cc1. The lowest BCUT2D eigenvalue weighted by Crippen LogP contribution is -2.14. The molecule has 0 radical (unpaired) electrons. The molecule has 9 heteroatoms. The lowest BCUT2D eigenvalue weighted by Gasteiger charge is -2.15. The van der Waals surface area contributed by atoms with Gasteiger partial charge >= 0.3 is 10.1 Å². The Kier molecular flexibility index (Phi) is 8.76. The number of nitrogens with one attached hydrogen (secondary N) is 1. The lowest BCUT2D eigenvalue weighted by molar-refractivity contribution is -0.112. The van der Waals surface area contributed by atoms with Crippen molar-refractivity contribution in [2.24, 2.45) is 0 Å². The number of hydrogen-bond donors (Lipinski definition) is 1. The summed E-state index contributed by atoms with van der Waals surface area (Å²) in [5, 5.41) is 12.4. The van der Waals surface area contributed by atoms with Crippen molar-refractivity contribution in [3.63, 3.8) is 0 Å². The second-order valence-electron chi connectivity index (χ2n) is 8.06. The molecule has 0 fully saturated rings. The molecular formula is C27H25IN2O5S. The third-order valence-electron chi connectivity index (χ3n) is 5.15. The molecule has 3 aromatic carbocycles. The Morgan fingerprint density at radius 1 is 1.06 bits per heavy atom. The summed E-state index contributed by atoms with van der Waals surface area (Å²) < 4.78 is 37.3. The van der Waals surface area contributed by atoms with Crippen LogP contribution in [0, 0.1) is 35.7 Å². The molecule has 0 saturated carbocycles. The van der Waals surface area contributed by atoms with Crippen LogP contribution in [-0.4, -0.2) is 20.9 Å². The zero-order chi connectivity index (χ0) is 26.5. The van der Waals surface area contributed by atoms with Crippen molar-refractivity contribution in [2.75, 3.05) is 11.9 Å². The van der Waals surface area contributed by atoms with Crippen molar-refractivity contribution in [3.05, 3.63) is 86.0 Å². The van der Waals surface area contributed by atoms with Crippen LogP contribution in [0.4, 0.5) is 5.69 Å². The molecule has 0 saturated heterocycles. The second-order valence-corrected chi connectivity index (χ2v) is 10.8. The number of ether oxygens (including phenoxy) is 1. The second kappa shape index (κ2) is 11.6. The van der Waals surface area contributed by atoms with E-state index in [0.717, 1.165) is 16.7 Å². The highest BCUT2D eigenvalue weighted by Crippen LogP contribution is 2.37. The molecule has 0 bridgehead atoms. The molecule has 3 rings (SSSR count). The minimum Gasteiger partial charge on any atom is -0.490 e. The Morgan fingerprint density at radius 3 is 2.36 bits per heavy atom. The number of rotatable bonds is 8. The van der Waals surface area contributed by atoms with Gasteiger partial charge in [0, 0.05) is 5.69 Å². The highest BCUT2D eigenvalue weighted by atomic mass is 127. The van der Waals surface area contributed by atoms with Crippen LogP contribution >= 0.6 is 22.6 Å². The van der Waals surface area contributed by atoms with Gasteiger partial charge in [0.25, 0.3) is 5.91 Å². The average molecular weight is 616 g/mol. The van der Waals surface area contributed by atoms with E-state index in [-0.39, 0.29) is 28.6 Å². The Balaban J connectivity index is 1.95. The van der Waals surface area contributed by atoms with Gasteiger partial charge in [0.1, 0.15) is 16.5 Å². The smallest absolute Gasteiger partial charge is 0.339 e. The number of anilines is 1. The minimum absolute atomic E-state index is 0.0187. The number of halogens is 1. The van der Waals surface area contributed by atoms with Crippen LogP contribution in [0.15, 0.2) is 65.1 Å². The fraction of sp³-hybridized carbons (Fsp3) is 0.185. The van der Waals surface area contributed by atoms with E-state index in [2.05, 4.69) is 5.32 Å². The highest BCUT2D eigenvalue weighted by Gasteiger charge is 2.22. The number of hydrogen-bond acceptors (Lipinski definition) is 6. The summed E-state index contributed by atoms with van der Waals surface area (Å²) in [6, 6.07) is 17.1. The molecule has 36 heavy (non-hydrogen) atoms. The number of nitrogens with zero attached hydrogens (tertiary/aromatic N) is 1. The first-order chi connectivity index (χ1) is 17.0. The third kappa shape index (κ3) is 6.65. The predicted octanol–water partition coefficient (Wildman–Crippen LogP) is 5.93. The summed E-state index contributed by atoms with van der Waals surface area (Å²) in [5.74, 6) is -0.339. The Labute approximate surface area is 225 Å². The van der Waals surface area contributed by atoms with Crippen molar-refractivity contribution < 1.29 is 22.1 Å². The molecular weight excluding hydrogens is 591 g/mol. The van der Waals surface area contributed by atoms with Crippen LogP contribution in [0.1, 0.15) is 29.2 Å². The molecule has 0 aliphatic carbocycles. The monoisotopic (exact) mass is 616 g/mol. The number of carbonyl (C=O) groups is 1. The van der Waals surface area contributed by atoms with Crippen LogP contribution in [-0.2, 0) is 14.9 Å². The molecule has 0 atom stereocenters. The normalized spacial score (nSPS) is 11.5. The molecule has 7 nitrogen and oxygen atoms in total. The molecule has 186 valence electrons. The van der Waals surface area contributed by atoms with Gasteiger partial charge in [-0.25, -0.2) is 0 Å². The molecule has 0 aliphatic rings. The summed E-state index contributed by atoms with van der Waals surface area (Å²) in [6.45, 7) is 7.65. The van der Waals surface area contributed by atoms with Gasteiger partial charge in [0.15, 0.2) is 11.5 Å². The van der Waals surface area contributed by atoms with Crippen LogP contribution in [0.3, 0.4) is 0 Å². The Bertz CT molecular complexity index is 1470. The van der Waals surface area contributed by atoms with E-state index in [9.17, 15) is 18.5 Å². The largest absolute Gasteiger partial charge is 0.490 e. The maximum Gasteiger partial charge on any atom is 0.339 e. The molecule has 0 spiro atoms. The predicted molar refractivity (Wildman–Crippen MR) is 147 cm³/mol. The average Bonchev–Trinajstić information content (AvgIpc) is 2.82. The van der Waals surface area contributed by atoms with Crippen LogP contribution in [0.2, 0.25) is 0 Å². The molecule has 0 heterocycles. The van der Waals surface area contributed by atoms with Gasteiger partial charge in [-0.3, -0.25) is 4.79 Å². The summed E-state index contributed by atoms with van der Waals surface area (Å²) in [6.07, 6.45) is 1.42. The molecule has 0 aliphatic heterocycles. The highest BCUT2D eigenvalue weighted by molar-refractivity contribution is 14.1. The Morgan fingerprint density at radius 2 is 1.72 bits per heavy atom. The summed E-state index contributed by atoms with van der Waals surface area (Å²) in [5.41, 5.74) is 3.76. The maximum atomic E-state index is 12.9. The lowest BCUT2D eigenvalue weighted by atomic mass is 10.1. The Hall–Kier alpha value is -3.36. The van der Waals surface area contributed by atoms with Crippen LogP contribution in [0.5, 0.6) is 11.5 Å². The van der Waals surface area contributed by atoms with Gasteiger partial charge in [0.05, 0.1) is 10.2 Å². The number of carbonyl (C=O) groups excluding carboxylic acids is 1. The first-order valence-electron chi connectivity index (χ1n) is 11.0. The van der Waals surface area contributed by atoms with E-state index in [1.165, 1.54) is 24.3 Å². The topological polar surface area (TPSA) is 105 Å². The fourth-order valence-corrected chi connectivity index (χ4v) is 5.10. The van der Waals surface area contributed by atoms with Gasteiger partial charge < -0.3 is 14.2 Å². The number of nitriles is 1. The van der Waals surface area contributed by atoms with Gasteiger partial charge in [0.2, 0.25) is 0 Å². The van der Waals surface area contributed by atoms with Gasteiger partial charge in [-0.2, -0.15) is 13.7 Å². The first-order valence-corrected chi connectivity index (χ1v) is 13.5. The van der Waals surface area contributed by atoms with Crippen molar-refractivity contribution in [1.29, 1.82) is 5.26 Å². The van der Waals surface area contributed by atoms with Crippen molar-refractivity contribution >= 4 is 50.4 Å². The molecule has 0 unspecified atom stereocenters. The minimum atomic E-state index is -4.11. The number of amides is 1. The number of aryl methyl sites for hydroxylation is 3. The fourth-order valence-electron chi connectivity index (χ4n) is 3.25. The standard InChI is InChI=1S/C27H25IN2O5S/c1-5-34-25-15-20(13-21(16-29)27(31)30-24-12-18(3)6-9-19(24)4)14-23(28)26(25)35-36(32,33)22-10-7-17(2)8-11-22/h6-15H,5H2,1-4H3,(H,30,31)/b21-13+. The van der Waals surface area contributed by atoms with Crippen molar-refractivity contribution in [1.82, 2.24) is 0 Å². The van der Waals surface area contributed by atoms with Crippen molar-refractivity contribution in [2.45, 2.75) is 32.6 Å². The van der Waals surface area contributed by atoms with E-state index < -0.39 is 16.0 Å². The van der Waals surface area contributed by atoms with Crippen molar-refractivity contribution in [3.8, 4) is 17.6 Å². The van der Waals surface area contributed by atoms with Gasteiger partial charge in [-0.05, 0) is 103 Å². The van der Waals surface area contributed by atoms with Gasteiger partial charge in [-0.15, -0.1) is 0 Å². The number of benzene rings is 3.